The van der Waals surface area contributed by atoms with Gasteiger partial charge < -0.3 is 46.6 Å². The first-order chi connectivity index (χ1) is 39.3. The molecule has 2 heterocycles. The van der Waals surface area contributed by atoms with Gasteiger partial charge in [-0.1, -0.05) is 239 Å². The molecule has 0 atom stereocenters. The van der Waals surface area contributed by atoms with E-state index < -0.39 is 16.6 Å². The molecule has 0 aliphatic carbocycles. The minimum Gasteiger partial charge on any atom is -0.399 e. The zero-order valence-corrected chi connectivity index (χ0v) is 56.6. The molecule has 0 spiro atoms. The van der Waals surface area contributed by atoms with Crippen LogP contribution in [-0.2, 0) is 4.53 Å². The van der Waals surface area contributed by atoms with Gasteiger partial charge in [0.25, 0.3) is 11.9 Å². The maximum absolute atomic E-state index is 8.39. The Hall–Kier alpha value is -6.61. The van der Waals surface area contributed by atoms with Gasteiger partial charge in [0.1, 0.15) is 8.24 Å². The predicted molar refractivity (Wildman–Crippen MR) is 370 cm³/mol. The Morgan fingerprint density at radius 1 is 0.646 bits per heavy atom. The van der Waals surface area contributed by atoms with Crippen molar-refractivity contribution in [3.63, 3.8) is 0 Å². The van der Waals surface area contributed by atoms with E-state index in [9.17, 15) is 0 Å². The summed E-state index contributed by atoms with van der Waals surface area (Å²) < 4.78 is 14.9. The molecule has 0 saturated heterocycles. The summed E-state index contributed by atoms with van der Waals surface area (Å²) in [4.78, 5) is 15.8. The highest BCUT2D eigenvalue weighted by atomic mass is 35.5. The van der Waals surface area contributed by atoms with E-state index in [0.29, 0.717) is 17.1 Å². The highest BCUT2D eigenvalue weighted by Crippen LogP contribution is 2.15. The van der Waals surface area contributed by atoms with Crippen LogP contribution in [0.15, 0.2) is 171 Å². The number of nitrogens with two attached hydrogens (primary N) is 4. The van der Waals surface area contributed by atoms with E-state index in [1.807, 2.05) is 233 Å². The van der Waals surface area contributed by atoms with Crippen molar-refractivity contribution in [1.82, 2.24) is 30.7 Å². The molecule has 0 radical (unpaired) electrons. The first-order valence-electron chi connectivity index (χ1n) is 25.9. The summed E-state index contributed by atoms with van der Waals surface area (Å²) in [5.74, 6) is 3.99. The zero-order valence-electron chi connectivity index (χ0n) is 50.7. The standard InChI is InChI=1S/C9H9N3S.2C8H8N4O.C8H7NS.C6H19NOSi2.C6H7N.5C2H6.CCl2S.H3NO/c1-13-9(11-7-10)12-8-5-3-2-4-6-8;9-7-11-8(12-13-7)10-6-4-2-1-3-5-6;9-7-11-8(13-12-7)10-6-4-2-1-3-5-6;10-7-6-9-8-4-2-1-3-5-8;1-9(2,3)7-8-10(4,5)6;7-6-4-2-1-3-5-6;5*1-2;2-1(3)4;1-2/h2-6H,1H3,(H,11,12);2*1-5H,(H3,9,10,11,12);1-7H;7H,1-6H3;1-5H,7H2;5*1-2H3;;2H,1H2. The number of rotatable bonds is 10. The zero-order chi connectivity index (χ0) is 64.0. The van der Waals surface area contributed by atoms with E-state index in [1.165, 1.54) is 17.1 Å². The van der Waals surface area contributed by atoms with Crippen molar-refractivity contribution in [3.8, 4) is 6.19 Å². The number of halogens is 2. The maximum atomic E-state index is 8.39. The van der Waals surface area contributed by atoms with Gasteiger partial charge in [-0.3, -0.25) is 10.3 Å². The Balaban J connectivity index is -0.000000202. The summed E-state index contributed by atoms with van der Waals surface area (Å²) in [6.45, 7) is 33.2. The molecule has 19 nitrogen and oxygen atoms in total. The smallest absolute Gasteiger partial charge is 0.327 e. The van der Waals surface area contributed by atoms with Crippen LogP contribution in [0.5, 0.6) is 0 Å². The van der Waals surface area contributed by atoms with Crippen molar-refractivity contribution in [2.75, 3.05) is 34.1 Å². The van der Waals surface area contributed by atoms with Gasteiger partial charge in [0, 0.05) is 28.6 Å². The van der Waals surface area contributed by atoms with Gasteiger partial charge in [0.15, 0.2) is 15.1 Å². The lowest BCUT2D eigenvalue weighted by Crippen LogP contribution is -2.47. The lowest BCUT2D eigenvalue weighted by molar-refractivity contribution is 0.257. The fourth-order valence-corrected chi connectivity index (χ4v) is 6.90. The normalized spacial score (nSPS) is 9.20. The molecular weight excluding hydrogens is 1170 g/mol. The summed E-state index contributed by atoms with van der Waals surface area (Å²) in [5.41, 5.74) is 20.3. The van der Waals surface area contributed by atoms with Gasteiger partial charge >= 0.3 is 12.0 Å². The lowest BCUT2D eigenvalue weighted by Gasteiger charge is -2.24. The molecule has 454 valence electrons. The number of thioether (sulfide) groups is 1. The van der Waals surface area contributed by atoms with Gasteiger partial charge in [0.05, 0.1) is 11.4 Å². The number of anilines is 7. The fraction of sp³-hybridized carbons (Fsp3) is 0.304. The summed E-state index contributed by atoms with van der Waals surface area (Å²) in [5, 5.41) is 35.5. The Bertz CT molecular complexity index is 2470. The molecule has 0 aliphatic heterocycles. The Labute approximate surface area is 516 Å². The van der Waals surface area contributed by atoms with Crippen LogP contribution in [-0.4, -0.2) is 68.8 Å². The number of aromatic nitrogens is 4. The van der Waals surface area contributed by atoms with Crippen molar-refractivity contribution in [2.24, 2.45) is 15.9 Å². The lowest BCUT2D eigenvalue weighted by atomic mass is 10.3. The van der Waals surface area contributed by atoms with Crippen LogP contribution in [0.25, 0.3) is 0 Å². The second-order valence-corrected chi connectivity index (χ2v) is 27.0. The minimum atomic E-state index is -1.34. The fourth-order valence-electron chi connectivity index (χ4n) is 4.05. The Morgan fingerprint density at radius 2 is 1.05 bits per heavy atom. The van der Waals surface area contributed by atoms with Crippen LogP contribution in [0.4, 0.5) is 52.4 Å². The van der Waals surface area contributed by atoms with E-state index >= 15 is 0 Å². The molecule has 13 N–H and O–H groups in total. The van der Waals surface area contributed by atoms with Crippen molar-refractivity contribution in [2.45, 2.75) is 109 Å². The summed E-state index contributed by atoms with van der Waals surface area (Å²) in [6.07, 6.45) is 5.31. The molecule has 5 aromatic carbocycles. The van der Waals surface area contributed by atoms with Crippen LogP contribution < -0.4 is 44.2 Å². The number of nitriles is 1. The monoisotopic (exact) mass is 1260 g/mol. The highest BCUT2D eigenvalue weighted by Gasteiger charge is 2.20. The molecule has 0 amide bonds. The summed E-state index contributed by atoms with van der Waals surface area (Å²) in [6, 6.07) is 48.1. The quantitative estimate of drug-likeness (QED) is 0.00707. The van der Waals surface area contributed by atoms with Gasteiger partial charge in [-0.15, -0.1) is 0 Å². The number of nitrogens with one attached hydrogen (secondary N) is 4. The number of para-hydroxylation sites is 5. The number of benzene rings is 5. The molecule has 0 saturated carbocycles. The van der Waals surface area contributed by atoms with E-state index in [-0.39, 0.29) is 15.7 Å². The average molecular weight is 1260 g/mol. The SMILES string of the molecule is CC.CC.CC.CC.CC.CSC(=Nc1ccccc1)NC#N.C[Si](C)(C)NO[Si](C)(C)C.NO.Nc1ccccc1.Nc1nc(Nc2ccccc2)no1.Nc1noc(Nc2ccccc2)n1.S=C(Cl)Cl.S=CC=Nc1ccccc1. The first kappa shape index (κ1) is 86.6. The largest absolute Gasteiger partial charge is 0.399 e. The molecule has 0 bridgehead atoms. The van der Waals surface area contributed by atoms with Gasteiger partial charge in [-0.2, -0.15) is 15.2 Å². The molecule has 7 aromatic rings. The van der Waals surface area contributed by atoms with Crippen LogP contribution >= 0.6 is 59.4 Å². The van der Waals surface area contributed by atoms with Crippen molar-refractivity contribution in [3.05, 3.63) is 152 Å². The third-order valence-corrected chi connectivity index (χ3v) is 9.12. The number of nitrogen functional groups attached to an aromatic ring is 3. The minimum absolute atomic E-state index is 0.0541. The summed E-state index contributed by atoms with van der Waals surface area (Å²) in [7, 11) is -2.55. The van der Waals surface area contributed by atoms with Crippen molar-refractivity contribution in [1.29, 1.82) is 5.26 Å². The first-order valence-corrected chi connectivity index (χ1v) is 35.6. The van der Waals surface area contributed by atoms with Crippen molar-refractivity contribution >= 4 is 149 Å². The molecule has 2 aromatic heterocycles. The molecular formula is C56H91Cl2N15O4S3Si2. The number of nitrogens with zero attached hydrogens (tertiary/aromatic N) is 7. The maximum Gasteiger partial charge on any atom is 0.327 e. The van der Waals surface area contributed by atoms with E-state index in [4.69, 9.17) is 59.9 Å². The van der Waals surface area contributed by atoms with Crippen LogP contribution in [0.3, 0.4) is 0 Å². The summed E-state index contributed by atoms with van der Waals surface area (Å²) >= 11 is 19.6. The number of amidine groups is 1. The highest BCUT2D eigenvalue weighted by molar-refractivity contribution is 8.13. The molecule has 7 rings (SSSR count). The average Bonchev–Trinajstić information content (AvgIpc) is 4.12. The third-order valence-electron chi connectivity index (χ3n) is 6.79. The van der Waals surface area contributed by atoms with E-state index in [1.54, 1.807) is 6.21 Å². The number of hydrogen-bond donors (Lipinski definition) is 9. The molecule has 0 aliphatic rings. The topological polar surface area (TPSA) is 308 Å². The predicted octanol–water partition coefficient (Wildman–Crippen LogP) is 16.9. The van der Waals surface area contributed by atoms with E-state index in [0.717, 1.165) is 28.4 Å². The number of aliphatic imine (C=N–C) groups is 2. The molecule has 0 unspecified atom stereocenters. The second-order valence-electron chi connectivity index (χ2n) is 15.0. The third kappa shape index (κ3) is 61.0. The number of thiocarbonyl (C=S) groups is 2. The van der Waals surface area contributed by atoms with Crippen LogP contribution in [0.1, 0.15) is 69.2 Å². The van der Waals surface area contributed by atoms with Gasteiger partial charge in [-0.05, 0) is 96.9 Å². The molecule has 26 heteroatoms. The van der Waals surface area contributed by atoms with Gasteiger partial charge in [-0.25, -0.2) is 16.0 Å². The molecule has 82 heavy (non-hydrogen) atoms. The second kappa shape index (κ2) is 62.0. The molecule has 0 fully saturated rings. The number of hydrogen-bond acceptors (Lipinski definition) is 21. The van der Waals surface area contributed by atoms with Gasteiger partial charge in [0.2, 0.25) is 8.32 Å². The van der Waals surface area contributed by atoms with Crippen LogP contribution in [0.2, 0.25) is 39.3 Å². The Morgan fingerprint density at radius 3 is 1.35 bits per heavy atom. The Kier molecular flexibility index (Phi) is 65.5. The van der Waals surface area contributed by atoms with Crippen LogP contribution in [0, 0.1) is 11.5 Å². The van der Waals surface area contributed by atoms with E-state index in [2.05, 4.69) is 126 Å². The van der Waals surface area contributed by atoms with Crippen molar-refractivity contribution < 1.29 is 18.8 Å².